The molecule has 0 aliphatic rings. The largest absolute Gasteiger partial charge is 0.444 e. The average molecular weight is 625 g/mol. The van der Waals surface area contributed by atoms with Gasteiger partial charge in [-0.05, 0) is 78.8 Å². The smallest absolute Gasteiger partial charge is 0.435 e. The summed E-state index contributed by atoms with van der Waals surface area (Å²) in [4.78, 5) is 24.7. The molecule has 2 amide bonds. The van der Waals surface area contributed by atoms with E-state index in [1.54, 1.807) is 65.8 Å². The number of sulfonamides is 1. The fraction of sp³-hybridized carbons (Fsp3) is 0.414. The number of carbonyl (C=O) groups excluding carboxylic acids is 2. The second kappa shape index (κ2) is 12.3. The lowest BCUT2D eigenvalue weighted by atomic mass is 10.1. The molecule has 0 fully saturated rings. The maximum Gasteiger partial charge on any atom is 0.435 e. The van der Waals surface area contributed by atoms with Crippen LogP contribution >= 0.6 is 0 Å². The van der Waals surface area contributed by atoms with Crippen LogP contribution in [0.25, 0.3) is 16.9 Å². The molecule has 1 aromatic heterocycles. The second-order valence-corrected chi connectivity index (χ2v) is 13.5. The number of alkyl carbamates (subject to hydrolysis) is 1. The molecule has 0 saturated carbocycles. The molecule has 3 aromatic rings. The van der Waals surface area contributed by atoms with Gasteiger partial charge in [0.25, 0.3) is 10.0 Å². The normalized spacial score (nSPS) is 12.5. The molecule has 14 heteroatoms. The van der Waals surface area contributed by atoms with Crippen molar-refractivity contribution in [3.63, 3.8) is 0 Å². The molecule has 0 aliphatic carbocycles. The number of nitrogens with zero attached hydrogens (tertiary/aromatic N) is 3. The zero-order chi connectivity index (χ0) is 32.4. The summed E-state index contributed by atoms with van der Waals surface area (Å²) in [7, 11) is -4.53. The molecule has 3 rings (SSSR count). The van der Waals surface area contributed by atoms with Crippen molar-refractivity contribution >= 4 is 22.2 Å². The van der Waals surface area contributed by atoms with E-state index in [9.17, 15) is 31.2 Å². The van der Waals surface area contributed by atoms with Gasteiger partial charge in [-0.15, -0.1) is 0 Å². The number of aryl methyl sites for hydroxylation is 1. The third kappa shape index (κ3) is 8.96. The molecule has 0 spiro atoms. The summed E-state index contributed by atoms with van der Waals surface area (Å²) < 4.78 is 79.8. The van der Waals surface area contributed by atoms with E-state index in [0.29, 0.717) is 9.87 Å². The number of hydrogen-bond donors (Lipinski definition) is 1. The zero-order valence-electron chi connectivity index (χ0n) is 24.9. The first-order valence-electron chi connectivity index (χ1n) is 13.2. The fourth-order valence-electron chi connectivity index (χ4n) is 3.73. The van der Waals surface area contributed by atoms with Crippen LogP contribution in [-0.4, -0.2) is 59.0 Å². The number of benzene rings is 2. The van der Waals surface area contributed by atoms with E-state index in [-0.39, 0.29) is 22.8 Å². The zero-order valence-corrected chi connectivity index (χ0v) is 25.8. The molecule has 0 aliphatic heterocycles. The Balaban J connectivity index is 1.96. The van der Waals surface area contributed by atoms with Crippen molar-refractivity contribution in [3.05, 3.63) is 65.9 Å². The van der Waals surface area contributed by atoms with Gasteiger partial charge in [0.05, 0.1) is 22.8 Å². The number of halogens is 3. The van der Waals surface area contributed by atoms with E-state index in [1.165, 1.54) is 12.1 Å². The van der Waals surface area contributed by atoms with Crippen LogP contribution in [0, 0.1) is 6.92 Å². The van der Waals surface area contributed by atoms with E-state index in [1.807, 2.05) is 6.92 Å². The number of ether oxygens (including phenoxy) is 2. The Kier molecular flexibility index (Phi) is 9.54. The lowest BCUT2D eigenvalue weighted by Gasteiger charge is -2.27. The van der Waals surface area contributed by atoms with Crippen LogP contribution in [0.4, 0.5) is 22.8 Å². The second-order valence-electron chi connectivity index (χ2n) is 11.7. The van der Waals surface area contributed by atoms with Crippen molar-refractivity contribution in [2.75, 3.05) is 13.1 Å². The van der Waals surface area contributed by atoms with Crippen LogP contribution in [-0.2, 0) is 25.7 Å². The van der Waals surface area contributed by atoms with E-state index in [0.717, 1.165) is 28.4 Å². The molecule has 10 nitrogen and oxygen atoms in total. The van der Waals surface area contributed by atoms with Crippen LogP contribution in [0.2, 0.25) is 0 Å². The van der Waals surface area contributed by atoms with Gasteiger partial charge >= 0.3 is 18.4 Å². The van der Waals surface area contributed by atoms with Crippen molar-refractivity contribution in [3.8, 4) is 16.9 Å². The van der Waals surface area contributed by atoms with Gasteiger partial charge in [0.15, 0.2) is 5.69 Å². The number of aromatic nitrogens is 2. The summed E-state index contributed by atoms with van der Waals surface area (Å²) in [6.07, 6.45) is -6.69. The van der Waals surface area contributed by atoms with Crippen LogP contribution in [0.15, 0.2) is 59.5 Å². The topological polar surface area (TPSA) is 120 Å². The number of hydrogen-bond acceptors (Lipinski definition) is 7. The minimum Gasteiger partial charge on any atom is -0.444 e. The fourth-order valence-corrected chi connectivity index (χ4v) is 5.03. The van der Waals surface area contributed by atoms with Crippen LogP contribution in [0.3, 0.4) is 0 Å². The predicted molar refractivity (Wildman–Crippen MR) is 153 cm³/mol. The quantitative estimate of drug-likeness (QED) is 0.327. The van der Waals surface area contributed by atoms with Crippen LogP contribution in [0.5, 0.6) is 0 Å². The molecule has 0 atom stereocenters. The molecular weight excluding hydrogens is 589 g/mol. The summed E-state index contributed by atoms with van der Waals surface area (Å²) in [5, 5.41) is 6.14. The molecule has 0 radical (unpaired) electrons. The first-order chi connectivity index (χ1) is 19.7. The van der Waals surface area contributed by atoms with Gasteiger partial charge in [-0.1, -0.05) is 29.8 Å². The van der Waals surface area contributed by atoms with Crippen molar-refractivity contribution < 1.29 is 40.7 Å². The first kappa shape index (κ1) is 33.4. The molecule has 2 aromatic carbocycles. The highest BCUT2D eigenvalue weighted by atomic mass is 32.2. The predicted octanol–water partition coefficient (Wildman–Crippen LogP) is 6.32. The van der Waals surface area contributed by atoms with E-state index < -0.39 is 51.8 Å². The molecule has 1 heterocycles. The lowest BCUT2D eigenvalue weighted by Crippen LogP contribution is -2.45. The molecule has 234 valence electrons. The summed E-state index contributed by atoms with van der Waals surface area (Å²) in [5.41, 5.74) is -1.26. The number of carbonyl (C=O) groups is 2. The average Bonchev–Trinajstić information content (AvgIpc) is 3.31. The maximum atomic E-state index is 13.6. The highest BCUT2D eigenvalue weighted by Crippen LogP contribution is 2.33. The Hall–Kier alpha value is -4.07. The van der Waals surface area contributed by atoms with Crippen LogP contribution < -0.4 is 5.32 Å². The van der Waals surface area contributed by atoms with Crippen molar-refractivity contribution in [1.82, 2.24) is 19.4 Å². The van der Waals surface area contributed by atoms with Crippen molar-refractivity contribution in [2.24, 2.45) is 0 Å². The molecule has 0 saturated heterocycles. The highest BCUT2D eigenvalue weighted by molar-refractivity contribution is 7.89. The molecular formula is C29H35F3N4O6S. The van der Waals surface area contributed by atoms with Crippen molar-refractivity contribution in [1.29, 1.82) is 0 Å². The Morgan fingerprint density at radius 1 is 0.907 bits per heavy atom. The summed E-state index contributed by atoms with van der Waals surface area (Å²) in [5.74, 6) is 0. The van der Waals surface area contributed by atoms with Gasteiger partial charge in [0.1, 0.15) is 11.2 Å². The van der Waals surface area contributed by atoms with Crippen molar-refractivity contribution in [2.45, 2.75) is 70.7 Å². The van der Waals surface area contributed by atoms with E-state index in [2.05, 4.69) is 10.4 Å². The van der Waals surface area contributed by atoms with Gasteiger partial charge < -0.3 is 14.8 Å². The number of nitrogens with one attached hydrogen (secondary N) is 1. The number of rotatable bonds is 7. The van der Waals surface area contributed by atoms with Gasteiger partial charge in [-0.25, -0.2) is 22.7 Å². The third-order valence-corrected chi connectivity index (χ3v) is 7.38. The van der Waals surface area contributed by atoms with Gasteiger partial charge in [0.2, 0.25) is 0 Å². The Labute approximate surface area is 248 Å². The third-order valence-electron chi connectivity index (χ3n) is 5.60. The van der Waals surface area contributed by atoms with Gasteiger partial charge in [0, 0.05) is 12.1 Å². The monoisotopic (exact) mass is 624 g/mol. The first-order valence-corrected chi connectivity index (χ1v) is 14.7. The highest BCUT2D eigenvalue weighted by Gasteiger charge is 2.36. The standard InChI is InChI=1S/C29H35F3N4O6S/c1-19-8-10-20(11-9-19)23-18-24(29(30,31)32)34-36(23)21-12-14-22(15-13-21)43(39,40)35(26(38)42-28(5,6)7)17-16-33-25(37)41-27(2,3)4/h8-15,18H,16-17H2,1-7H3,(H,33,37). The summed E-state index contributed by atoms with van der Waals surface area (Å²) >= 11 is 0. The van der Waals surface area contributed by atoms with Gasteiger partial charge in [-0.3, -0.25) is 0 Å². The maximum absolute atomic E-state index is 13.6. The summed E-state index contributed by atoms with van der Waals surface area (Å²) in [6, 6.07) is 12.6. The summed E-state index contributed by atoms with van der Waals surface area (Å²) in [6.45, 7) is 10.7. The minimum atomic E-state index is -4.71. The van der Waals surface area contributed by atoms with Gasteiger partial charge in [-0.2, -0.15) is 22.6 Å². The number of alkyl halides is 3. The molecule has 1 N–H and O–H groups in total. The van der Waals surface area contributed by atoms with E-state index >= 15 is 0 Å². The Morgan fingerprint density at radius 3 is 1.98 bits per heavy atom. The molecule has 43 heavy (non-hydrogen) atoms. The molecule has 0 bridgehead atoms. The Bertz CT molecular complexity index is 1550. The minimum absolute atomic E-state index is 0.145. The SMILES string of the molecule is Cc1ccc(-c2cc(C(F)(F)F)nn2-c2ccc(S(=O)(=O)N(CCNC(=O)OC(C)(C)C)C(=O)OC(C)(C)C)cc2)cc1. The van der Waals surface area contributed by atoms with Crippen LogP contribution in [0.1, 0.15) is 52.8 Å². The lowest BCUT2D eigenvalue weighted by molar-refractivity contribution is -0.141. The molecule has 0 unspecified atom stereocenters. The number of amides is 2. The Morgan fingerprint density at radius 2 is 1.47 bits per heavy atom. The van der Waals surface area contributed by atoms with E-state index in [4.69, 9.17) is 9.47 Å².